The molecule has 0 aliphatic heterocycles. The maximum Gasteiger partial charge on any atom is 0.239 e. The average molecular weight is 587 g/mol. The smallest absolute Gasteiger partial charge is 0.239 e. The SMILES string of the molecule is CC(C)(C)c1cccc([Si](Cn2ccnc2BC(=Cc2ccccc2)c2ccccc2)(c2ccccc2)c2ccccc2)c1. The fourth-order valence-corrected chi connectivity index (χ4v) is 10.8. The molecule has 0 saturated carbocycles. The number of hydrogen-bond donors (Lipinski definition) is 0. The van der Waals surface area contributed by atoms with Gasteiger partial charge in [-0.3, -0.25) is 4.98 Å². The molecule has 0 N–H and O–H groups in total. The molecule has 2 nitrogen and oxygen atoms in total. The summed E-state index contributed by atoms with van der Waals surface area (Å²) in [6.45, 7) is 6.91. The lowest BCUT2D eigenvalue weighted by Gasteiger charge is -2.35. The summed E-state index contributed by atoms with van der Waals surface area (Å²) in [6.07, 6.45) is 7.32. The molecule has 6 rings (SSSR count). The standard InChI is InChI=1S/C40H39BN2Si/c1-40(2,3)34-21-16-26-37(30-34)44(35-22-12-6-13-23-35,36-24-14-7-15-25-36)31-43-28-27-42-39(43)41-38(33-19-10-5-11-20-33)29-32-17-8-4-9-18-32/h4-30,41H,31H2,1-3H3. The van der Waals surface area contributed by atoms with Crippen molar-refractivity contribution >= 4 is 48.2 Å². The van der Waals surface area contributed by atoms with E-state index in [1.807, 2.05) is 6.20 Å². The molecule has 0 amide bonds. The minimum absolute atomic E-state index is 0.0521. The maximum atomic E-state index is 4.99. The largest absolute Gasteiger partial charge is 0.345 e. The van der Waals surface area contributed by atoms with Gasteiger partial charge in [-0.05, 0) is 37.7 Å². The summed E-state index contributed by atoms with van der Waals surface area (Å²) < 4.78 is 2.43. The minimum Gasteiger partial charge on any atom is -0.345 e. The second kappa shape index (κ2) is 12.9. The zero-order chi connectivity index (χ0) is 30.4. The first-order valence-electron chi connectivity index (χ1n) is 15.5. The molecule has 0 fully saturated rings. The molecule has 0 spiro atoms. The van der Waals surface area contributed by atoms with Crippen molar-refractivity contribution in [3.05, 3.63) is 175 Å². The Bertz CT molecular complexity index is 1780. The van der Waals surface area contributed by atoms with E-state index in [1.54, 1.807) is 0 Å². The van der Waals surface area contributed by atoms with Gasteiger partial charge in [-0.25, -0.2) is 0 Å². The highest BCUT2D eigenvalue weighted by Crippen LogP contribution is 2.23. The van der Waals surface area contributed by atoms with Gasteiger partial charge in [-0.2, -0.15) is 0 Å². The van der Waals surface area contributed by atoms with E-state index < -0.39 is 8.07 Å². The number of rotatable bonds is 9. The van der Waals surface area contributed by atoms with Crippen LogP contribution in [-0.4, -0.2) is 24.9 Å². The molecule has 0 saturated heterocycles. The fourth-order valence-electron chi connectivity index (χ4n) is 6.19. The fraction of sp³-hybridized carbons (Fsp3) is 0.125. The van der Waals surface area contributed by atoms with E-state index >= 15 is 0 Å². The number of benzene rings is 5. The van der Waals surface area contributed by atoms with Crippen molar-refractivity contribution < 1.29 is 0 Å². The third-order valence-corrected chi connectivity index (χ3v) is 13.3. The lowest BCUT2D eigenvalue weighted by Crippen LogP contribution is -2.70. The van der Waals surface area contributed by atoms with Crippen LogP contribution in [0.5, 0.6) is 0 Å². The molecule has 0 aliphatic carbocycles. The summed E-state index contributed by atoms with van der Waals surface area (Å²) in [5.74, 6) is 0. The molecule has 6 aromatic rings. The lowest BCUT2D eigenvalue weighted by molar-refractivity contribution is 0.590. The zero-order valence-corrected chi connectivity index (χ0v) is 26.9. The Labute approximate surface area is 264 Å². The molecule has 0 atom stereocenters. The van der Waals surface area contributed by atoms with Crippen LogP contribution in [-0.2, 0) is 11.6 Å². The molecular weight excluding hydrogens is 547 g/mol. The molecule has 1 aromatic heterocycles. The van der Waals surface area contributed by atoms with E-state index in [0.29, 0.717) is 0 Å². The lowest BCUT2D eigenvalue weighted by atomic mass is 9.65. The topological polar surface area (TPSA) is 17.8 Å². The molecule has 44 heavy (non-hydrogen) atoms. The molecule has 216 valence electrons. The molecule has 0 bridgehead atoms. The number of imidazole rings is 1. The Kier molecular flexibility index (Phi) is 8.63. The Morgan fingerprint density at radius 3 is 1.82 bits per heavy atom. The van der Waals surface area contributed by atoms with E-state index in [-0.39, 0.29) is 5.41 Å². The minimum atomic E-state index is -2.57. The van der Waals surface area contributed by atoms with Gasteiger partial charge >= 0.3 is 0 Å². The number of hydrogen-bond acceptors (Lipinski definition) is 1. The van der Waals surface area contributed by atoms with Gasteiger partial charge in [-0.1, -0.05) is 178 Å². The Hall–Kier alpha value is -4.67. The summed E-state index contributed by atoms with van der Waals surface area (Å²) in [5.41, 5.74) is 6.16. The van der Waals surface area contributed by atoms with Crippen molar-refractivity contribution in [1.82, 2.24) is 9.55 Å². The first kappa shape index (κ1) is 29.4. The second-order valence-corrected chi connectivity index (χ2v) is 16.4. The average Bonchev–Trinajstić information content (AvgIpc) is 3.51. The second-order valence-electron chi connectivity index (χ2n) is 12.6. The van der Waals surface area contributed by atoms with Gasteiger partial charge in [0.1, 0.15) is 0 Å². The molecule has 0 unspecified atom stereocenters. The molecule has 4 heteroatoms. The van der Waals surface area contributed by atoms with Crippen molar-refractivity contribution in [3.63, 3.8) is 0 Å². The summed E-state index contributed by atoms with van der Waals surface area (Å²) in [6, 6.07) is 53.1. The van der Waals surface area contributed by atoms with E-state index in [4.69, 9.17) is 4.98 Å². The molecule has 5 aromatic carbocycles. The maximum absolute atomic E-state index is 4.99. The highest BCUT2D eigenvalue weighted by atomic mass is 28.3. The molecule has 0 radical (unpaired) electrons. The van der Waals surface area contributed by atoms with Crippen LogP contribution in [0, 0.1) is 0 Å². The van der Waals surface area contributed by atoms with E-state index in [0.717, 1.165) is 19.2 Å². The van der Waals surface area contributed by atoms with Crippen molar-refractivity contribution in [1.29, 1.82) is 0 Å². The monoisotopic (exact) mass is 586 g/mol. The Balaban J connectivity index is 1.51. The summed E-state index contributed by atoms with van der Waals surface area (Å²) in [5, 5.41) is 4.23. The van der Waals surface area contributed by atoms with Gasteiger partial charge < -0.3 is 4.57 Å². The van der Waals surface area contributed by atoms with Crippen LogP contribution in [0.1, 0.15) is 37.5 Å². The third-order valence-electron chi connectivity index (χ3n) is 8.60. The van der Waals surface area contributed by atoms with Gasteiger partial charge in [0, 0.05) is 18.6 Å². The van der Waals surface area contributed by atoms with Crippen molar-refractivity contribution in [2.75, 3.05) is 0 Å². The van der Waals surface area contributed by atoms with Crippen molar-refractivity contribution in [2.24, 2.45) is 0 Å². The summed E-state index contributed by atoms with van der Waals surface area (Å²) >= 11 is 0. The molecular formula is C40H39BN2Si. The van der Waals surface area contributed by atoms with E-state index in [2.05, 4.69) is 183 Å². The first-order valence-corrected chi connectivity index (χ1v) is 17.7. The predicted molar refractivity (Wildman–Crippen MR) is 192 cm³/mol. The number of nitrogens with zero attached hydrogens (tertiary/aromatic N) is 2. The molecule has 1 heterocycles. The van der Waals surface area contributed by atoms with Gasteiger partial charge in [-0.15, -0.1) is 0 Å². The van der Waals surface area contributed by atoms with Crippen LogP contribution in [0.3, 0.4) is 0 Å². The van der Waals surface area contributed by atoms with Crippen molar-refractivity contribution in [3.8, 4) is 0 Å². The van der Waals surface area contributed by atoms with Crippen LogP contribution < -0.4 is 21.3 Å². The summed E-state index contributed by atoms with van der Waals surface area (Å²) in [4.78, 5) is 4.99. The van der Waals surface area contributed by atoms with Crippen LogP contribution in [0.2, 0.25) is 0 Å². The van der Waals surface area contributed by atoms with E-state index in [1.165, 1.54) is 37.7 Å². The van der Waals surface area contributed by atoms with Crippen LogP contribution in [0.15, 0.2) is 158 Å². The highest BCUT2D eigenvalue weighted by molar-refractivity contribution is 7.10. The normalized spacial score (nSPS) is 12.2. The first-order chi connectivity index (χ1) is 21.4. The van der Waals surface area contributed by atoms with Gasteiger partial charge in [0.15, 0.2) is 8.07 Å². The van der Waals surface area contributed by atoms with Gasteiger partial charge in [0.25, 0.3) is 0 Å². The van der Waals surface area contributed by atoms with Crippen molar-refractivity contribution in [2.45, 2.75) is 32.4 Å². The molecule has 0 aliphatic rings. The predicted octanol–water partition coefficient (Wildman–Crippen LogP) is 6.15. The van der Waals surface area contributed by atoms with Crippen LogP contribution in [0.4, 0.5) is 0 Å². The Morgan fingerprint density at radius 1 is 0.682 bits per heavy atom. The number of aromatic nitrogens is 2. The van der Waals surface area contributed by atoms with Crippen LogP contribution in [0.25, 0.3) is 11.5 Å². The quantitative estimate of drug-likeness (QED) is 0.113. The Morgan fingerprint density at radius 2 is 1.23 bits per heavy atom. The highest BCUT2D eigenvalue weighted by Gasteiger charge is 2.40. The van der Waals surface area contributed by atoms with Gasteiger partial charge in [0.05, 0.1) is 5.72 Å². The van der Waals surface area contributed by atoms with Crippen LogP contribution >= 0.6 is 0 Å². The summed E-state index contributed by atoms with van der Waals surface area (Å²) in [7, 11) is -1.83. The zero-order valence-electron chi connectivity index (χ0n) is 25.9. The van der Waals surface area contributed by atoms with E-state index in [9.17, 15) is 0 Å². The third kappa shape index (κ3) is 6.32. The van der Waals surface area contributed by atoms with Gasteiger partial charge in [0.2, 0.25) is 7.28 Å².